The minimum absolute atomic E-state index is 0.0178. The summed E-state index contributed by atoms with van der Waals surface area (Å²) in [5, 5.41) is 13.1. The molecule has 0 aliphatic carbocycles. The summed E-state index contributed by atoms with van der Waals surface area (Å²) < 4.78 is 35.0. The number of nitrogens with one attached hydrogen (secondary N) is 1. The maximum atomic E-state index is 12.9. The number of rotatable bonds is 9. The van der Waals surface area contributed by atoms with Crippen LogP contribution in [0.25, 0.3) is 6.08 Å². The van der Waals surface area contributed by atoms with E-state index in [2.05, 4.69) is 10.1 Å². The minimum atomic E-state index is -4.39. The number of hydrogen-bond acceptors (Lipinski definition) is 11. The highest BCUT2D eigenvalue weighted by Crippen LogP contribution is 2.33. The van der Waals surface area contributed by atoms with Crippen molar-refractivity contribution in [2.24, 2.45) is 0 Å². The van der Waals surface area contributed by atoms with E-state index in [-0.39, 0.29) is 38.2 Å². The zero-order chi connectivity index (χ0) is 31.5. The summed E-state index contributed by atoms with van der Waals surface area (Å²) in [6.45, 7) is 0.877. The number of thioether (sulfide) groups is 1. The maximum Gasteiger partial charge on any atom is 0.339 e. The van der Waals surface area contributed by atoms with Gasteiger partial charge in [0.05, 0.1) is 27.5 Å². The molecule has 1 N–H and O–H groups in total. The highest BCUT2D eigenvalue weighted by molar-refractivity contribution is 8.18. The normalized spacial score (nSPS) is 14.1. The standard InChI is InChI=1S/C27H20ClN3O10S2/c1-15-3-9-19(13-22(15)31(36)37)43(38,39)41-18-7-4-16(5-8-18)11-23-25(33)30(27(35)42-23)14-24(32)29-17-6-10-21(28)20(12-17)26(34)40-2/h3-13H,14H2,1-2H3,(H,29,32)/b23-11-. The molecule has 0 spiro atoms. The van der Waals surface area contributed by atoms with Gasteiger partial charge in [-0.2, -0.15) is 8.42 Å². The Morgan fingerprint density at radius 2 is 1.79 bits per heavy atom. The summed E-state index contributed by atoms with van der Waals surface area (Å²) in [6.07, 6.45) is 1.38. The van der Waals surface area contributed by atoms with E-state index in [9.17, 15) is 37.7 Å². The number of carbonyl (C=O) groups excluding carboxylic acids is 4. The van der Waals surface area contributed by atoms with Gasteiger partial charge in [0.25, 0.3) is 16.8 Å². The van der Waals surface area contributed by atoms with Crippen LogP contribution in [0, 0.1) is 17.0 Å². The third-order valence-corrected chi connectivity index (χ3v) is 8.36. The van der Waals surface area contributed by atoms with Crippen LogP contribution in [-0.4, -0.2) is 54.9 Å². The Hall–Kier alpha value is -4.73. The highest BCUT2D eigenvalue weighted by Gasteiger charge is 2.36. The van der Waals surface area contributed by atoms with Gasteiger partial charge in [-0.1, -0.05) is 29.8 Å². The van der Waals surface area contributed by atoms with Crippen molar-refractivity contribution >= 4 is 74.0 Å². The maximum absolute atomic E-state index is 12.9. The van der Waals surface area contributed by atoms with Crippen molar-refractivity contribution in [2.45, 2.75) is 11.8 Å². The van der Waals surface area contributed by atoms with Gasteiger partial charge in [0.1, 0.15) is 17.2 Å². The number of aryl methyl sites for hydroxylation is 1. The monoisotopic (exact) mass is 645 g/mol. The molecule has 4 rings (SSSR count). The van der Waals surface area contributed by atoms with Crippen LogP contribution in [0.4, 0.5) is 16.2 Å². The number of imide groups is 1. The number of nitrogens with zero attached hydrogens (tertiary/aromatic N) is 2. The van der Waals surface area contributed by atoms with Crippen molar-refractivity contribution in [1.29, 1.82) is 0 Å². The van der Waals surface area contributed by atoms with Crippen molar-refractivity contribution < 1.29 is 41.4 Å². The van der Waals surface area contributed by atoms with Gasteiger partial charge in [0.2, 0.25) is 5.91 Å². The Labute approximate surface area is 253 Å². The number of hydrogen-bond donors (Lipinski definition) is 1. The topological polar surface area (TPSA) is 179 Å². The lowest BCUT2D eigenvalue weighted by Crippen LogP contribution is -2.36. The Kier molecular flexibility index (Phi) is 9.18. The predicted molar refractivity (Wildman–Crippen MR) is 156 cm³/mol. The lowest BCUT2D eigenvalue weighted by molar-refractivity contribution is -0.385. The summed E-state index contributed by atoms with van der Waals surface area (Å²) in [4.78, 5) is 60.5. The molecule has 0 radical (unpaired) electrons. The van der Waals surface area contributed by atoms with Crippen LogP contribution in [0.5, 0.6) is 5.75 Å². The van der Waals surface area contributed by atoms with E-state index in [1.165, 1.54) is 74.7 Å². The SMILES string of the molecule is COC(=O)c1cc(NC(=O)CN2C(=O)S/C(=C\c3ccc(OS(=O)(=O)c4ccc(C)c([N+](=O)[O-])c4)cc3)C2=O)ccc1Cl. The molecule has 0 saturated carbocycles. The van der Waals surface area contributed by atoms with Crippen molar-refractivity contribution in [2.75, 3.05) is 19.0 Å². The molecule has 1 fully saturated rings. The first-order valence-electron chi connectivity index (χ1n) is 12.0. The van der Waals surface area contributed by atoms with Gasteiger partial charge in [-0.25, -0.2) is 4.79 Å². The number of halogens is 1. The second kappa shape index (κ2) is 12.6. The average Bonchev–Trinajstić information content (AvgIpc) is 3.21. The van der Waals surface area contributed by atoms with E-state index < -0.39 is 49.5 Å². The number of benzene rings is 3. The van der Waals surface area contributed by atoms with Gasteiger partial charge < -0.3 is 14.2 Å². The largest absolute Gasteiger partial charge is 0.465 e. The van der Waals surface area contributed by atoms with E-state index >= 15 is 0 Å². The van der Waals surface area contributed by atoms with E-state index in [0.29, 0.717) is 17.3 Å². The molecule has 43 heavy (non-hydrogen) atoms. The lowest BCUT2D eigenvalue weighted by Gasteiger charge is -2.13. The van der Waals surface area contributed by atoms with Crippen molar-refractivity contribution in [3.8, 4) is 5.75 Å². The number of methoxy groups -OCH3 is 1. The second-order valence-corrected chi connectivity index (χ2v) is 11.8. The number of amides is 3. The van der Waals surface area contributed by atoms with E-state index in [1.807, 2.05) is 0 Å². The molecular formula is C27H20ClN3O10S2. The molecule has 16 heteroatoms. The molecule has 3 aromatic rings. The average molecular weight is 646 g/mol. The van der Waals surface area contributed by atoms with Crippen molar-refractivity contribution in [3.63, 3.8) is 0 Å². The van der Waals surface area contributed by atoms with Crippen molar-refractivity contribution in [3.05, 3.63) is 97.4 Å². The zero-order valence-corrected chi connectivity index (χ0v) is 24.6. The number of esters is 1. The molecular weight excluding hydrogens is 626 g/mol. The molecule has 1 heterocycles. The second-order valence-electron chi connectivity index (χ2n) is 8.81. The zero-order valence-electron chi connectivity index (χ0n) is 22.2. The fraction of sp³-hybridized carbons (Fsp3) is 0.111. The number of nitro groups is 1. The summed E-state index contributed by atoms with van der Waals surface area (Å²) >= 11 is 6.58. The fourth-order valence-corrected chi connectivity index (χ4v) is 5.72. The highest BCUT2D eigenvalue weighted by atomic mass is 35.5. The van der Waals surface area contributed by atoms with Gasteiger partial charge in [0, 0.05) is 17.3 Å². The molecule has 0 unspecified atom stereocenters. The number of carbonyl (C=O) groups is 4. The van der Waals surface area contributed by atoms with E-state index in [4.69, 9.17) is 15.8 Å². The summed E-state index contributed by atoms with van der Waals surface area (Å²) in [7, 11) is -3.21. The Bertz CT molecular complexity index is 1810. The fourth-order valence-electron chi connectivity index (χ4n) is 3.74. The van der Waals surface area contributed by atoms with Crippen LogP contribution in [0.1, 0.15) is 21.5 Å². The first-order valence-corrected chi connectivity index (χ1v) is 14.6. The van der Waals surface area contributed by atoms with Crippen LogP contribution < -0.4 is 9.50 Å². The molecule has 1 aliphatic heterocycles. The van der Waals surface area contributed by atoms with E-state index in [0.717, 1.165) is 11.0 Å². The predicted octanol–water partition coefficient (Wildman–Crippen LogP) is 4.79. The van der Waals surface area contributed by atoms with Gasteiger partial charge in [0.15, 0.2) is 0 Å². The van der Waals surface area contributed by atoms with Crippen molar-refractivity contribution in [1.82, 2.24) is 4.90 Å². The van der Waals surface area contributed by atoms with Crippen LogP contribution in [0.2, 0.25) is 5.02 Å². The molecule has 3 aromatic carbocycles. The lowest BCUT2D eigenvalue weighted by atomic mass is 10.2. The van der Waals surface area contributed by atoms with Gasteiger partial charge in [-0.05, 0) is 66.7 Å². The summed E-state index contributed by atoms with van der Waals surface area (Å²) in [6, 6.07) is 13.0. The first-order chi connectivity index (χ1) is 20.3. The molecule has 1 aliphatic rings. The molecule has 0 bridgehead atoms. The van der Waals surface area contributed by atoms with Gasteiger partial charge in [-0.15, -0.1) is 0 Å². The number of ether oxygens (including phenoxy) is 1. The summed E-state index contributed by atoms with van der Waals surface area (Å²) in [5.41, 5.74) is 0.548. The van der Waals surface area contributed by atoms with Crippen LogP contribution in [0.3, 0.4) is 0 Å². The Morgan fingerprint density at radius 1 is 1.09 bits per heavy atom. The molecule has 0 aromatic heterocycles. The Balaban J connectivity index is 1.42. The van der Waals surface area contributed by atoms with Gasteiger partial charge in [-0.3, -0.25) is 29.4 Å². The molecule has 222 valence electrons. The van der Waals surface area contributed by atoms with Crippen LogP contribution in [0.15, 0.2) is 70.5 Å². The van der Waals surface area contributed by atoms with E-state index in [1.54, 1.807) is 0 Å². The third-order valence-electron chi connectivity index (χ3n) is 5.88. The van der Waals surface area contributed by atoms with Crippen LogP contribution >= 0.6 is 23.4 Å². The first kappa shape index (κ1) is 31.2. The molecule has 0 atom stereocenters. The number of anilines is 1. The smallest absolute Gasteiger partial charge is 0.339 e. The Morgan fingerprint density at radius 3 is 2.44 bits per heavy atom. The molecule has 1 saturated heterocycles. The quantitative estimate of drug-likeness (QED) is 0.111. The van der Waals surface area contributed by atoms with Crippen LogP contribution in [-0.2, 0) is 24.4 Å². The molecule has 3 amide bonds. The minimum Gasteiger partial charge on any atom is -0.465 e. The summed E-state index contributed by atoms with van der Waals surface area (Å²) in [5.74, 6) is -2.23. The third kappa shape index (κ3) is 7.20. The van der Waals surface area contributed by atoms with Gasteiger partial charge >= 0.3 is 16.1 Å². The molecule has 13 nitrogen and oxygen atoms in total. The number of nitro benzene ring substituents is 1.